The SMILES string of the molecule is CC(=O)Nc1cc(C(=O)NC(CS(=O)(=O)[O-])(C(F)(F)F)C(F)(F)F)ccc1I.CC(=O)Oc1cc(C(=O)NC(CS(=O)(=O)[O-])(C(F)(F)F)C(F)(F)F)ccc1I.CC(=O)Oc1cc(I)ccc1C(=O)NC(CS(=O)(=O)[O-])(C(F)(F)F)C(F)(F)F.COc1cc(C(=O)NC(CS(=O)(=O)[O-])(C(F)(F)F)C(F)(F)F)ccc1I.COc1cc(I)ccc1C(=O)NC(CS(=O)(=O)[O-])(C(F)(F)F)C(F)(F)F. The smallest absolute Gasteiger partial charge is 0.421 e. The van der Waals surface area contributed by atoms with Crippen molar-refractivity contribution in [1.82, 2.24) is 26.6 Å². The van der Waals surface area contributed by atoms with E-state index in [1.54, 1.807) is 113 Å². The molecule has 5 rings (SSSR count). The zero-order valence-corrected chi connectivity index (χ0v) is 80.4. The van der Waals surface area contributed by atoms with E-state index in [4.69, 9.17) is 9.47 Å². The number of amides is 6. The van der Waals surface area contributed by atoms with Gasteiger partial charge in [0, 0.05) is 48.2 Å². The molecule has 0 radical (unpaired) electrons. The van der Waals surface area contributed by atoms with Crippen molar-refractivity contribution < 1.29 is 254 Å². The maximum atomic E-state index is 13.2. The average Bonchev–Trinajstić information content (AvgIpc) is 0.758. The fourth-order valence-corrected chi connectivity index (χ4v) is 16.6. The third-order valence-corrected chi connectivity index (χ3v) is 23.7. The van der Waals surface area contributed by atoms with Gasteiger partial charge in [0.2, 0.25) is 33.6 Å². The van der Waals surface area contributed by atoms with Crippen molar-refractivity contribution >= 4 is 217 Å². The largest absolute Gasteiger partial charge is 0.748 e. The molecule has 5 aromatic rings. The van der Waals surface area contributed by atoms with Gasteiger partial charge in [-0.25, -0.2) is 42.1 Å². The summed E-state index contributed by atoms with van der Waals surface area (Å²) in [5.41, 5.74) is -30.5. The summed E-state index contributed by atoms with van der Waals surface area (Å²) in [6, 6.07) is 14.4. The average molecular weight is 2680 g/mol. The highest BCUT2D eigenvalue weighted by Crippen LogP contribution is 2.50. The minimum Gasteiger partial charge on any atom is -0.748 e. The first-order valence-corrected chi connectivity index (χ1v) is 46.2. The van der Waals surface area contributed by atoms with E-state index in [9.17, 15) is 235 Å². The lowest BCUT2D eigenvalue weighted by Gasteiger charge is -2.38. The van der Waals surface area contributed by atoms with Gasteiger partial charge in [-0.15, -0.1) is 0 Å². The third-order valence-electron chi connectivity index (χ3n) is 15.7. The zero-order valence-electron chi connectivity index (χ0n) is 65.5. The second kappa shape index (κ2) is 45.6. The highest BCUT2D eigenvalue weighted by atomic mass is 127. The van der Waals surface area contributed by atoms with E-state index in [1.165, 1.54) is 12.1 Å². The van der Waals surface area contributed by atoms with Gasteiger partial charge in [0.1, 0.15) is 23.0 Å². The molecule has 136 heavy (non-hydrogen) atoms. The fraction of sp³-hybridized carbons (Fsp3) is 0.397. The van der Waals surface area contributed by atoms with Gasteiger partial charge in [0.25, 0.3) is 29.5 Å². The first-order chi connectivity index (χ1) is 60.3. The Balaban J connectivity index is 0.000000850. The van der Waals surface area contributed by atoms with E-state index in [0.29, 0.717) is 46.9 Å². The predicted molar refractivity (Wildman–Crippen MR) is 430 cm³/mol. The molecule has 0 unspecified atom stereocenters. The van der Waals surface area contributed by atoms with Gasteiger partial charge >= 0.3 is 73.7 Å². The number of rotatable bonds is 25. The Hall–Kier alpha value is -7.44. The minimum absolute atomic E-state index is 0.0145. The molecule has 770 valence electrons. The van der Waals surface area contributed by atoms with Gasteiger partial charge in [0.15, 0.2) is 0 Å². The number of methoxy groups -OCH3 is 2. The quantitative estimate of drug-likeness (QED) is 0.0104. The van der Waals surface area contributed by atoms with Crippen LogP contribution in [0.2, 0.25) is 0 Å². The van der Waals surface area contributed by atoms with Crippen molar-refractivity contribution in [2.24, 2.45) is 0 Å². The van der Waals surface area contributed by atoms with Crippen LogP contribution in [0.25, 0.3) is 0 Å². The molecular weight excluding hydrogens is 2640 g/mol. The second-order valence-electron chi connectivity index (χ2n) is 25.8. The molecule has 0 atom stereocenters. The summed E-state index contributed by atoms with van der Waals surface area (Å²) >= 11 is 8.44. The lowest BCUT2D eigenvalue weighted by Crippen LogP contribution is -2.70. The van der Waals surface area contributed by atoms with Crippen molar-refractivity contribution in [2.45, 2.75) is 110 Å². The van der Waals surface area contributed by atoms with Crippen LogP contribution in [0.15, 0.2) is 91.0 Å². The Bertz CT molecular complexity index is 5650. The van der Waals surface area contributed by atoms with Crippen LogP contribution in [0, 0.1) is 17.9 Å². The molecule has 6 amide bonds. The number of carbonyl (C=O) groups excluding carboxylic acids is 8. The first-order valence-electron chi connectivity index (χ1n) is 32.9. The van der Waals surface area contributed by atoms with E-state index in [0.717, 1.165) is 108 Å². The fourth-order valence-electron chi connectivity index (χ4n) is 9.56. The van der Waals surface area contributed by atoms with Crippen molar-refractivity contribution in [1.29, 1.82) is 0 Å². The highest BCUT2D eigenvalue weighted by Gasteiger charge is 2.77. The van der Waals surface area contributed by atoms with E-state index < -0.39 is 250 Å². The van der Waals surface area contributed by atoms with Crippen LogP contribution in [-0.2, 0) is 65.0 Å². The molecule has 0 bridgehead atoms. The van der Waals surface area contributed by atoms with Crippen molar-refractivity contribution in [2.75, 3.05) is 48.3 Å². The van der Waals surface area contributed by atoms with Crippen LogP contribution in [0.5, 0.6) is 23.0 Å². The lowest BCUT2D eigenvalue weighted by molar-refractivity contribution is -0.297. The number of nitrogens with one attached hydrogen (secondary N) is 6. The molecule has 73 heteroatoms. The minimum atomic E-state index is -6.40. The summed E-state index contributed by atoms with van der Waals surface area (Å²) in [4.78, 5) is 93.4. The zero-order chi connectivity index (χ0) is 107. The number of hydrogen-bond donors (Lipinski definition) is 6. The number of esters is 2. The van der Waals surface area contributed by atoms with Gasteiger partial charge in [-0.05, 0) is 204 Å². The second-order valence-corrected chi connectivity index (χ2v) is 38.8. The lowest BCUT2D eigenvalue weighted by atomic mass is 9.99. The van der Waals surface area contributed by atoms with Gasteiger partial charge in [-0.2, -0.15) is 132 Å². The molecule has 0 aliphatic heterocycles. The number of benzene rings is 5. The number of halogens is 35. The number of anilines is 1. The van der Waals surface area contributed by atoms with E-state index in [-0.39, 0.29) is 26.5 Å². The topological polar surface area (TPSA) is 532 Å². The summed E-state index contributed by atoms with van der Waals surface area (Å²) in [5.74, 6) is -28.6. The van der Waals surface area contributed by atoms with E-state index >= 15 is 0 Å². The molecule has 0 spiro atoms. The van der Waals surface area contributed by atoms with Crippen LogP contribution in [0.4, 0.5) is 137 Å². The Morgan fingerprint density at radius 1 is 0.287 bits per heavy atom. The van der Waals surface area contributed by atoms with Gasteiger partial charge in [0.05, 0.1) is 118 Å². The molecule has 33 nitrogen and oxygen atoms in total. The van der Waals surface area contributed by atoms with Crippen LogP contribution in [0.1, 0.15) is 72.6 Å². The van der Waals surface area contributed by atoms with Crippen molar-refractivity contribution in [3.8, 4) is 23.0 Å². The third kappa shape index (κ3) is 35.1. The van der Waals surface area contributed by atoms with Gasteiger partial charge in [-0.1, -0.05) is 0 Å². The van der Waals surface area contributed by atoms with Gasteiger partial charge in [-0.3, -0.25) is 38.4 Å². The van der Waals surface area contributed by atoms with E-state index in [1.807, 2.05) is 0 Å². The summed E-state index contributed by atoms with van der Waals surface area (Å²) in [7, 11) is -28.1. The molecule has 0 aromatic heterocycles. The monoisotopic (exact) mass is 2680 g/mol. The number of hydrogen-bond acceptors (Lipinski definition) is 27. The number of alkyl halides is 30. The Morgan fingerprint density at radius 3 is 0.735 bits per heavy atom. The van der Waals surface area contributed by atoms with Crippen molar-refractivity contribution in [3.05, 3.63) is 137 Å². The first kappa shape index (κ1) is 127. The number of ether oxygens (including phenoxy) is 4. The molecule has 0 fully saturated rings. The highest BCUT2D eigenvalue weighted by molar-refractivity contribution is 14.1. The summed E-state index contributed by atoms with van der Waals surface area (Å²) in [6.07, 6.45) is -63.5. The van der Waals surface area contributed by atoms with Crippen molar-refractivity contribution in [3.63, 3.8) is 0 Å². The molecule has 0 saturated heterocycles. The molecule has 0 aliphatic rings. The normalized spacial score (nSPS) is 13.3. The van der Waals surface area contributed by atoms with E-state index in [2.05, 4.69) is 14.8 Å². The maximum absolute atomic E-state index is 13.2. The van der Waals surface area contributed by atoms with Crippen LogP contribution >= 0.6 is 113 Å². The predicted octanol–water partition coefficient (Wildman–Crippen LogP) is 12.0. The Kier molecular flexibility index (Phi) is 42.5. The standard InChI is InChI=1S/C13H11F6IN2O5S.2C13H10F6INO6S.2C12H10F6INO5S/c1-6(23)21-9-4-7(2-3-8(9)20)10(24)22-11(12(14,15)16,13(17,18)19)5-28(25,26)27;1-6(22)27-9-4-7(20)2-3-8(9)10(23)21-11(12(14,15)16,13(17,18)19)5-28(24,25)26;1-6(22)27-9-4-7(2-3-8(9)20)10(23)21-11(12(14,15)16,13(17,18)19)5-28(24,25)26;1-25-8-4-6(19)2-3-7(8)9(21)20-10(11(13,14)15,12(16,17)18)5-26(22,23)24;1-25-8-4-6(2-3-7(8)19)9(21)20-10(11(13,14)15,12(16,17)18)5-26(22,23)24/h2-4H,5H2,1H3,(H,21,23)(H,22,24)(H,25,26,27);2*2-4H,5H2,1H3,(H,21,23)(H,24,25,26);2*2-4H,5H2,1H3,(H,20,21)(H,22,23,24)/p-5. The molecule has 5 aromatic carbocycles. The Morgan fingerprint density at radius 2 is 0.500 bits per heavy atom. The maximum Gasteiger partial charge on any atom is 0.421 e. The summed E-state index contributed by atoms with van der Waals surface area (Å²) in [5, 5.41) is 5.19. The number of carbonyl (C=O) groups is 8. The summed E-state index contributed by atoms with van der Waals surface area (Å²) < 4.78 is 576. The summed E-state index contributed by atoms with van der Waals surface area (Å²) in [6.45, 7) is 2.89. The molecule has 0 saturated carbocycles. The van der Waals surface area contributed by atoms with Crippen LogP contribution < -0.4 is 50.8 Å². The molecule has 0 aliphatic carbocycles. The molecule has 0 heterocycles. The molecule has 6 N–H and O–H groups in total. The van der Waals surface area contributed by atoms with Crippen LogP contribution in [-0.4, -0.2) is 245 Å². The van der Waals surface area contributed by atoms with Crippen LogP contribution in [0.3, 0.4) is 0 Å². The van der Waals surface area contributed by atoms with Gasteiger partial charge < -0.3 is 73.6 Å². The Labute approximate surface area is 808 Å². The molecular formula is C63H46F30I5N6O27S5-5.